The van der Waals surface area contributed by atoms with Crippen LogP contribution in [0.3, 0.4) is 0 Å². The van der Waals surface area contributed by atoms with Crippen molar-refractivity contribution in [1.29, 1.82) is 0 Å². The Labute approximate surface area is 160 Å². The highest BCUT2D eigenvalue weighted by Gasteiger charge is 2.24. The first-order valence-electron chi connectivity index (χ1n) is 9.37. The van der Waals surface area contributed by atoms with E-state index < -0.39 is 0 Å². The summed E-state index contributed by atoms with van der Waals surface area (Å²) in [4.78, 5) is 26.5. The normalized spacial score (nSPS) is 14.7. The second-order valence-electron chi connectivity index (χ2n) is 6.98. The van der Waals surface area contributed by atoms with Crippen molar-refractivity contribution in [3.8, 4) is 5.75 Å². The number of piperidine rings is 1. The maximum Gasteiger partial charge on any atom is 0.260 e. The monoisotopic (exact) mass is 366 g/mol. The van der Waals surface area contributed by atoms with Gasteiger partial charge in [0.2, 0.25) is 0 Å². The third-order valence-electron chi connectivity index (χ3n) is 5.12. The number of ether oxygens (including phenoxy) is 1. The summed E-state index contributed by atoms with van der Waals surface area (Å²) in [7, 11) is 0. The fourth-order valence-corrected chi connectivity index (χ4v) is 3.24. The molecule has 0 spiro atoms. The van der Waals surface area contributed by atoms with Gasteiger partial charge in [-0.15, -0.1) is 0 Å². The van der Waals surface area contributed by atoms with Gasteiger partial charge >= 0.3 is 0 Å². The Balaban J connectivity index is 1.45. The largest absolute Gasteiger partial charge is 0.483 e. The molecule has 5 nitrogen and oxygen atoms in total. The van der Waals surface area contributed by atoms with Crippen molar-refractivity contribution < 1.29 is 14.3 Å². The van der Waals surface area contributed by atoms with Gasteiger partial charge in [0, 0.05) is 24.7 Å². The van der Waals surface area contributed by atoms with Crippen LogP contribution in [-0.4, -0.2) is 42.5 Å². The molecule has 2 aromatic carbocycles. The lowest BCUT2D eigenvalue weighted by atomic mass is 10.0. The van der Waals surface area contributed by atoms with Gasteiger partial charge < -0.3 is 15.0 Å². The average Bonchev–Trinajstić information content (AvgIpc) is 2.70. The molecule has 142 valence electrons. The van der Waals surface area contributed by atoms with Gasteiger partial charge in [-0.2, -0.15) is 0 Å². The van der Waals surface area contributed by atoms with Gasteiger partial charge in [0.15, 0.2) is 6.61 Å². The van der Waals surface area contributed by atoms with E-state index in [4.69, 9.17) is 4.74 Å². The van der Waals surface area contributed by atoms with Crippen molar-refractivity contribution in [3.05, 3.63) is 65.2 Å². The molecule has 2 aromatic rings. The highest BCUT2D eigenvalue weighted by atomic mass is 16.5. The molecule has 1 aliphatic heterocycles. The van der Waals surface area contributed by atoms with Crippen LogP contribution in [0.1, 0.15) is 34.3 Å². The third-order valence-corrected chi connectivity index (χ3v) is 5.12. The zero-order chi connectivity index (χ0) is 19.2. The predicted octanol–water partition coefficient (Wildman–Crippen LogP) is 3.10. The lowest BCUT2D eigenvalue weighted by Gasteiger charge is -2.32. The Kier molecular flexibility index (Phi) is 6.12. The molecule has 0 radical (unpaired) electrons. The molecule has 0 unspecified atom stereocenters. The molecule has 0 atom stereocenters. The number of hydrogen-bond donors (Lipinski definition) is 1. The van der Waals surface area contributed by atoms with E-state index in [1.807, 2.05) is 55.1 Å². The van der Waals surface area contributed by atoms with Crippen LogP contribution >= 0.6 is 0 Å². The van der Waals surface area contributed by atoms with Gasteiger partial charge in [-0.05, 0) is 56.0 Å². The van der Waals surface area contributed by atoms with Gasteiger partial charge in [0.1, 0.15) is 5.75 Å². The van der Waals surface area contributed by atoms with Crippen molar-refractivity contribution in [2.24, 2.45) is 0 Å². The summed E-state index contributed by atoms with van der Waals surface area (Å²) in [5.74, 6) is 0.690. The lowest BCUT2D eigenvalue weighted by Crippen LogP contribution is -2.47. The highest BCUT2D eigenvalue weighted by molar-refractivity contribution is 5.94. The maximum absolute atomic E-state index is 12.4. The molecule has 0 aliphatic carbocycles. The Morgan fingerprint density at radius 3 is 2.44 bits per heavy atom. The molecule has 5 heteroatoms. The minimum atomic E-state index is -0.0568. The van der Waals surface area contributed by atoms with Crippen LogP contribution in [0.4, 0.5) is 0 Å². The molecule has 1 fully saturated rings. The van der Waals surface area contributed by atoms with Crippen molar-refractivity contribution in [2.45, 2.75) is 32.7 Å². The van der Waals surface area contributed by atoms with Gasteiger partial charge in [-0.1, -0.05) is 30.3 Å². The molecule has 0 aromatic heterocycles. The summed E-state index contributed by atoms with van der Waals surface area (Å²) < 4.78 is 5.72. The van der Waals surface area contributed by atoms with Crippen LogP contribution < -0.4 is 10.1 Å². The molecule has 1 saturated heterocycles. The van der Waals surface area contributed by atoms with Crippen molar-refractivity contribution in [1.82, 2.24) is 10.2 Å². The first-order valence-corrected chi connectivity index (χ1v) is 9.37. The Morgan fingerprint density at radius 2 is 1.74 bits per heavy atom. The number of carbonyl (C=O) groups excluding carboxylic acids is 2. The fraction of sp³-hybridized carbons (Fsp3) is 0.364. The van der Waals surface area contributed by atoms with Crippen molar-refractivity contribution >= 4 is 11.8 Å². The van der Waals surface area contributed by atoms with Gasteiger partial charge in [-0.3, -0.25) is 9.59 Å². The number of nitrogens with one attached hydrogen (secondary N) is 1. The van der Waals surface area contributed by atoms with E-state index in [1.54, 1.807) is 12.1 Å². The SMILES string of the molecule is Cc1cccc(OCC(=O)N2CCC(NC(=O)c3ccccc3)CC2)c1C. The number of likely N-dealkylation sites (tertiary alicyclic amines) is 1. The number of carbonyl (C=O) groups is 2. The Morgan fingerprint density at radius 1 is 1.04 bits per heavy atom. The summed E-state index contributed by atoms with van der Waals surface area (Å²) >= 11 is 0. The lowest BCUT2D eigenvalue weighted by molar-refractivity contribution is -0.134. The summed E-state index contributed by atoms with van der Waals surface area (Å²) in [6.07, 6.45) is 1.52. The van der Waals surface area contributed by atoms with Crippen molar-refractivity contribution in [2.75, 3.05) is 19.7 Å². The van der Waals surface area contributed by atoms with Crippen molar-refractivity contribution in [3.63, 3.8) is 0 Å². The zero-order valence-electron chi connectivity index (χ0n) is 15.9. The molecule has 1 N–H and O–H groups in total. The van der Waals surface area contributed by atoms with E-state index in [1.165, 1.54) is 0 Å². The second kappa shape index (κ2) is 8.71. The minimum absolute atomic E-state index is 0.0104. The topological polar surface area (TPSA) is 58.6 Å². The second-order valence-corrected chi connectivity index (χ2v) is 6.98. The first-order chi connectivity index (χ1) is 13.0. The summed E-state index contributed by atoms with van der Waals surface area (Å²) in [5.41, 5.74) is 2.88. The van der Waals surface area contributed by atoms with Gasteiger partial charge in [0.05, 0.1) is 0 Å². The number of aryl methyl sites for hydroxylation is 1. The van der Waals surface area contributed by atoms with Gasteiger partial charge in [0.25, 0.3) is 11.8 Å². The van der Waals surface area contributed by atoms with E-state index in [-0.39, 0.29) is 24.5 Å². The molecular formula is C22H26N2O3. The smallest absolute Gasteiger partial charge is 0.260 e. The van der Waals surface area contributed by atoms with Gasteiger partial charge in [-0.25, -0.2) is 0 Å². The quantitative estimate of drug-likeness (QED) is 0.885. The Hall–Kier alpha value is -2.82. The van der Waals surface area contributed by atoms with E-state index >= 15 is 0 Å². The number of rotatable bonds is 5. The van der Waals surface area contributed by atoms with Crippen LogP contribution in [0.5, 0.6) is 5.75 Å². The molecule has 1 aliphatic rings. The van der Waals surface area contributed by atoms with E-state index in [2.05, 4.69) is 5.32 Å². The molecule has 0 saturated carbocycles. The Bertz CT molecular complexity index is 796. The number of hydrogen-bond acceptors (Lipinski definition) is 3. The summed E-state index contributed by atoms with van der Waals surface area (Å²) in [5, 5.41) is 3.06. The minimum Gasteiger partial charge on any atom is -0.483 e. The third kappa shape index (κ3) is 4.88. The van der Waals surface area contributed by atoms with Crippen LogP contribution in [0.2, 0.25) is 0 Å². The van der Waals surface area contributed by atoms with E-state index in [0.717, 1.165) is 29.7 Å². The molecular weight excluding hydrogens is 340 g/mol. The van der Waals surface area contributed by atoms with Crippen LogP contribution in [0.15, 0.2) is 48.5 Å². The number of nitrogens with zero attached hydrogens (tertiary/aromatic N) is 1. The van der Waals surface area contributed by atoms with Crippen LogP contribution in [-0.2, 0) is 4.79 Å². The zero-order valence-corrected chi connectivity index (χ0v) is 15.9. The maximum atomic E-state index is 12.4. The first kappa shape index (κ1) is 19.0. The highest BCUT2D eigenvalue weighted by Crippen LogP contribution is 2.21. The standard InChI is InChI=1S/C22H26N2O3/c1-16-7-6-10-20(17(16)2)27-15-21(25)24-13-11-19(12-14-24)23-22(26)18-8-4-3-5-9-18/h3-10,19H,11-15H2,1-2H3,(H,23,26). The molecule has 2 amide bonds. The number of amides is 2. The molecule has 27 heavy (non-hydrogen) atoms. The van der Waals surface area contributed by atoms with E-state index in [0.29, 0.717) is 18.7 Å². The van der Waals surface area contributed by atoms with E-state index in [9.17, 15) is 9.59 Å². The average molecular weight is 366 g/mol. The molecule has 3 rings (SSSR count). The van der Waals surface area contributed by atoms with Crippen LogP contribution in [0.25, 0.3) is 0 Å². The molecule has 1 heterocycles. The summed E-state index contributed by atoms with van der Waals surface area (Å²) in [6, 6.07) is 15.2. The summed E-state index contributed by atoms with van der Waals surface area (Å²) in [6.45, 7) is 5.34. The van der Waals surface area contributed by atoms with Crippen LogP contribution in [0, 0.1) is 13.8 Å². The molecule has 0 bridgehead atoms. The predicted molar refractivity (Wildman–Crippen MR) is 105 cm³/mol. The fourth-order valence-electron chi connectivity index (χ4n) is 3.24. The number of benzene rings is 2.